The first-order valence-corrected chi connectivity index (χ1v) is 47.3. The smallest absolute Gasteiger partial charge is 0.462 e. The second-order valence-corrected chi connectivity index (χ2v) is 35.3. The van der Waals surface area contributed by atoms with Gasteiger partial charge in [-0.15, -0.1) is 0 Å². The van der Waals surface area contributed by atoms with Gasteiger partial charge in [0.05, 0.1) is 26.4 Å². The molecule has 0 fully saturated rings. The number of aliphatic hydroxyl groups is 1. The molecule has 0 saturated heterocycles. The van der Waals surface area contributed by atoms with E-state index in [0.717, 1.165) is 108 Å². The summed E-state index contributed by atoms with van der Waals surface area (Å²) in [5.41, 5.74) is 0. The van der Waals surface area contributed by atoms with Gasteiger partial charge in [0.15, 0.2) is 12.2 Å². The van der Waals surface area contributed by atoms with Crippen LogP contribution in [0, 0.1) is 17.8 Å². The number of aliphatic hydroxyl groups excluding tert-OH is 1. The number of unbranched alkanes of at least 4 members (excludes halogenated alkanes) is 52. The number of rotatable bonds is 84. The maximum atomic E-state index is 13.1. The van der Waals surface area contributed by atoms with Crippen LogP contribution in [0.2, 0.25) is 0 Å². The Morgan fingerprint density at radius 2 is 0.438 bits per heavy atom. The highest BCUT2D eigenvalue weighted by Gasteiger charge is 2.30. The Kier molecular flexibility index (Phi) is 74.7. The van der Waals surface area contributed by atoms with Crippen LogP contribution in [-0.4, -0.2) is 96.7 Å². The maximum absolute atomic E-state index is 13.1. The minimum Gasteiger partial charge on any atom is -0.462 e. The van der Waals surface area contributed by atoms with Crippen LogP contribution in [0.25, 0.3) is 0 Å². The van der Waals surface area contributed by atoms with E-state index >= 15 is 0 Å². The molecule has 19 heteroatoms. The summed E-state index contributed by atoms with van der Waals surface area (Å²) in [6.45, 7) is 12.1. The standard InChI is InChI=1S/C86H168O17P2/c1-8-9-10-11-12-13-14-32-39-46-53-60-67-83(88)96-73-81(102-86(91)70-63-56-49-42-35-28-22-20-25-31-38-45-52-59-66-79(6)7)75-100-104(92,93)98-71-80(87)72-99-105(94,95)101-76-82(74-97-84(89)68-61-54-47-40-33-26-21-19-24-30-37-44-51-58-65-78(4)5)103-85(90)69-62-55-48-41-34-27-18-16-15-17-23-29-36-43-50-57-64-77(2)3/h77-82,87H,8-76H2,1-7H3,(H,92,93)(H,94,95)/t80-,81+,82+/m0/s1. The molecule has 0 rings (SSSR count). The summed E-state index contributed by atoms with van der Waals surface area (Å²) in [5.74, 6) is 0.302. The van der Waals surface area contributed by atoms with Crippen molar-refractivity contribution in [2.24, 2.45) is 17.8 Å². The number of phosphoric acid groups is 2. The summed E-state index contributed by atoms with van der Waals surface area (Å²) < 4.78 is 68.9. The first-order chi connectivity index (χ1) is 50.7. The van der Waals surface area contributed by atoms with Gasteiger partial charge >= 0.3 is 39.5 Å². The highest BCUT2D eigenvalue weighted by Crippen LogP contribution is 2.45. The third-order valence-corrected chi connectivity index (χ3v) is 22.0. The van der Waals surface area contributed by atoms with Gasteiger partial charge in [-0.3, -0.25) is 37.3 Å². The van der Waals surface area contributed by atoms with Crippen molar-refractivity contribution in [3.63, 3.8) is 0 Å². The summed E-state index contributed by atoms with van der Waals surface area (Å²) in [7, 11) is -9.93. The Hall–Kier alpha value is -1.94. The molecule has 0 aliphatic heterocycles. The fourth-order valence-electron chi connectivity index (χ4n) is 13.4. The summed E-state index contributed by atoms with van der Waals surface area (Å²) in [6.07, 6.45) is 66.5. The Balaban J connectivity index is 5.26. The van der Waals surface area contributed by atoms with Gasteiger partial charge in [-0.05, 0) is 43.4 Å². The lowest BCUT2D eigenvalue weighted by molar-refractivity contribution is -0.161. The van der Waals surface area contributed by atoms with Crippen LogP contribution in [0.3, 0.4) is 0 Å². The molecule has 0 aromatic rings. The first kappa shape index (κ1) is 103. The molecule has 5 atom stereocenters. The van der Waals surface area contributed by atoms with Gasteiger partial charge in [-0.1, -0.05) is 402 Å². The van der Waals surface area contributed by atoms with E-state index in [1.165, 1.54) is 263 Å². The normalized spacial score (nSPS) is 13.9. The van der Waals surface area contributed by atoms with Crippen molar-refractivity contribution in [3.05, 3.63) is 0 Å². The van der Waals surface area contributed by atoms with Crippen LogP contribution in [0.15, 0.2) is 0 Å². The molecule has 624 valence electrons. The third-order valence-electron chi connectivity index (χ3n) is 20.1. The van der Waals surface area contributed by atoms with Crippen molar-refractivity contribution in [3.8, 4) is 0 Å². The Bertz CT molecular complexity index is 2030. The van der Waals surface area contributed by atoms with Crippen LogP contribution in [0.4, 0.5) is 0 Å². The molecule has 0 aromatic heterocycles. The number of hydrogen-bond donors (Lipinski definition) is 3. The number of esters is 4. The van der Waals surface area contributed by atoms with Gasteiger partial charge in [0.2, 0.25) is 0 Å². The highest BCUT2D eigenvalue weighted by atomic mass is 31.2. The zero-order valence-electron chi connectivity index (χ0n) is 69.2. The molecule has 3 N–H and O–H groups in total. The molecular weight excluding hydrogens is 1370 g/mol. The van der Waals surface area contributed by atoms with Gasteiger partial charge in [-0.25, -0.2) is 9.13 Å². The van der Waals surface area contributed by atoms with Gasteiger partial charge in [0.1, 0.15) is 19.3 Å². The van der Waals surface area contributed by atoms with E-state index in [9.17, 15) is 43.2 Å². The molecule has 105 heavy (non-hydrogen) atoms. The zero-order valence-corrected chi connectivity index (χ0v) is 71.0. The summed E-state index contributed by atoms with van der Waals surface area (Å²) in [4.78, 5) is 73.3. The Morgan fingerprint density at radius 3 is 0.648 bits per heavy atom. The molecule has 0 radical (unpaired) electrons. The largest absolute Gasteiger partial charge is 0.472 e. The van der Waals surface area contributed by atoms with E-state index in [1.807, 2.05) is 0 Å². The zero-order chi connectivity index (χ0) is 77.2. The number of hydrogen-bond acceptors (Lipinski definition) is 15. The van der Waals surface area contributed by atoms with Crippen molar-refractivity contribution in [2.45, 2.75) is 471 Å². The van der Waals surface area contributed by atoms with Crippen LogP contribution >= 0.6 is 15.6 Å². The van der Waals surface area contributed by atoms with Gasteiger partial charge in [-0.2, -0.15) is 0 Å². The van der Waals surface area contributed by atoms with Crippen molar-refractivity contribution >= 4 is 39.5 Å². The summed E-state index contributed by atoms with van der Waals surface area (Å²) >= 11 is 0. The van der Waals surface area contributed by atoms with Crippen molar-refractivity contribution in [1.29, 1.82) is 0 Å². The van der Waals surface area contributed by atoms with Crippen LogP contribution in [0.5, 0.6) is 0 Å². The molecule has 17 nitrogen and oxygen atoms in total. The third kappa shape index (κ3) is 79.9. The molecule has 0 aliphatic rings. The number of carbonyl (C=O) groups excluding carboxylic acids is 4. The van der Waals surface area contributed by atoms with Crippen LogP contribution in [-0.2, 0) is 65.4 Å². The molecule has 0 saturated carbocycles. The predicted octanol–water partition coefficient (Wildman–Crippen LogP) is 26.1. The molecule has 0 amide bonds. The fourth-order valence-corrected chi connectivity index (χ4v) is 14.9. The van der Waals surface area contributed by atoms with E-state index in [0.29, 0.717) is 25.7 Å². The molecule has 0 aromatic carbocycles. The average molecular weight is 1540 g/mol. The highest BCUT2D eigenvalue weighted by molar-refractivity contribution is 7.47. The van der Waals surface area contributed by atoms with Crippen molar-refractivity contribution in [1.82, 2.24) is 0 Å². The van der Waals surface area contributed by atoms with E-state index in [4.69, 9.17) is 37.0 Å². The second kappa shape index (κ2) is 76.1. The lowest BCUT2D eigenvalue weighted by Gasteiger charge is -2.21. The lowest BCUT2D eigenvalue weighted by atomic mass is 10.0. The Morgan fingerprint density at radius 1 is 0.257 bits per heavy atom. The molecule has 0 aliphatic carbocycles. The monoisotopic (exact) mass is 1540 g/mol. The Labute approximate surface area is 645 Å². The fraction of sp³-hybridized carbons (Fsp3) is 0.953. The average Bonchev–Trinajstić information content (AvgIpc) is 0.908. The lowest BCUT2D eigenvalue weighted by Crippen LogP contribution is -2.30. The molecule has 0 spiro atoms. The summed E-state index contributed by atoms with van der Waals surface area (Å²) in [6, 6.07) is 0. The minimum absolute atomic E-state index is 0.108. The second-order valence-electron chi connectivity index (χ2n) is 32.4. The predicted molar refractivity (Wildman–Crippen MR) is 432 cm³/mol. The number of ether oxygens (including phenoxy) is 4. The van der Waals surface area contributed by atoms with E-state index < -0.39 is 97.5 Å². The molecule has 0 heterocycles. The number of carbonyl (C=O) groups is 4. The van der Waals surface area contributed by atoms with Crippen LogP contribution < -0.4 is 0 Å². The van der Waals surface area contributed by atoms with E-state index in [-0.39, 0.29) is 25.7 Å². The van der Waals surface area contributed by atoms with Crippen LogP contribution in [0.1, 0.15) is 453 Å². The molecule has 2 unspecified atom stereocenters. The first-order valence-electron chi connectivity index (χ1n) is 44.3. The SMILES string of the molecule is CCCCCCCCCCCCCCC(=O)OC[C@H](COP(=O)(O)OC[C@H](O)COP(=O)(O)OC[C@@H](COC(=O)CCCCCCCCCCCCCCCCC(C)C)OC(=O)CCCCCCCCCCCCCCCCCCC(C)C)OC(=O)CCCCCCCCCCCCCCCCC(C)C. The minimum atomic E-state index is -4.97. The molecule has 0 bridgehead atoms. The van der Waals surface area contributed by atoms with E-state index in [2.05, 4.69) is 48.5 Å². The van der Waals surface area contributed by atoms with Gasteiger partial charge < -0.3 is 33.8 Å². The maximum Gasteiger partial charge on any atom is 0.472 e. The van der Waals surface area contributed by atoms with Crippen molar-refractivity contribution in [2.75, 3.05) is 39.6 Å². The van der Waals surface area contributed by atoms with Gasteiger partial charge in [0.25, 0.3) is 0 Å². The summed E-state index contributed by atoms with van der Waals surface area (Å²) in [5, 5.41) is 10.7. The molecular formula is C86H168O17P2. The topological polar surface area (TPSA) is 237 Å². The quantitative estimate of drug-likeness (QED) is 0.0222. The van der Waals surface area contributed by atoms with Gasteiger partial charge in [0, 0.05) is 25.7 Å². The van der Waals surface area contributed by atoms with E-state index in [1.54, 1.807) is 0 Å². The number of phosphoric ester groups is 2. The van der Waals surface area contributed by atoms with Crippen molar-refractivity contribution < 1.29 is 80.2 Å².